The van der Waals surface area contributed by atoms with E-state index in [1.54, 1.807) is 7.11 Å². The minimum atomic E-state index is 0.205. The van der Waals surface area contributed by atoms with E-state index in [0.29, 0.717) is 18.0 Å². The third-order valence-electron chi connectivity index (χ3n) is 6.39. The summed E-state index contributed by atoms with van der Waals surface area (Å²) in [5.41, 5.74) is 1.35. The largest absolute Gasteiger partial charge is 0.497 e. The van der Waals surface area contributed by atoms with Crippen LogP contribution in [-0.4, -0.2) is 61.1 Å². The standard InChI is InChI=1S/C22H33N3O2/c1-27-21-8-4-17(5-9-21)15-24-13-10-20(11-14-24)25-12-2-3-18(16-25)22(26)23-19-6-7-19/h4-5,8-9,18-20H,2-3,6-7,10-16H2,1H3,(H,23,26)/t18-/m0/s1. The number of benzene rings is 1. The van der Waals surface area contributed by atoms with Crippen molar-refractivity contribution in [1.82, 2.24) is 15.1 Å². The van der Waals surface area contributed by atoms with Crippen LogP contribution in [0.4, 0.5) is 0 Å². The number of nitrogens with one attached hydrogen (secondary N) is 1. The number of methoxy groups -OCH3 is 1. The molecule has 3 aliphatic rings. The van der Waals surface area contributed by atoms with E-state index in [2.05, 4.69) is 27.2 Å². The molecule has 27 heavy (non-hydrogen) atoms. The third kappa shape index (κ3) is 5.02. The molecule has 148 valence electrons. The molecule has 0 radical (unpaired) electrons. The first-order valence-corrected chi connectivity index (χ1v) is 10.6. The van der Waals surface area contributed by atoms with Crippen LogP contribution < -0.4 is 10.1 Å². The maximum Gasteiger partial charge on any atom is 0.224 e. The van der Waals surface area contributed by atoms with Crippen molar-refractivity contribution >= 4 is 5.91 Å². The number of carbonyl (C=O) groups excluding carboxylic acids is 1. The van der Waals surface area contributed by atoms with Crippen LogP contribution in [-0.2, 0) is 11.3 Å². The van der Waals surface area contributed by atoms with E-state index in [0.717, 1.165) is 51.3 Å². The predicted octanol–water partition coefficient (Wildman–Crippen LogP) is 2.65. The molecule has 4 rings (SSSR count). The van der Waals surface area contributed by atoms with Gasteiger partial charge in [0.15, 0.2) is 0 Å². The lowest BCUT2D eigenvalue weighted by molar-refractivity contribution is -0.127. The number of amides is 1. The number of piperidine rings is 2. The van der Waals surface area contributed by atoms with Crippen molar-refractivity contribution in [3.8, 4) is 5.75 Å². The van der Waals surface area contributed by atoms with Crippen molar-refractivity contribution in [2.24, 2.45) is 5.92 Å². The van der Waals surface area contributed by atoms with E-state index >= 15 is 0 Å². The number of rotatable bonds is 6. The Labute approximate surface area is 163 Å². The average Bonchev–Trinajstić information content (AvgIpc) is 3.53. The smallest absolute Gasteiger partial charge is 0.224 e. The van der Waals surface area contributed by atoms with Gasteiger partial charge in [-0.2, -0.15) is 0 Å². The molecule has 0 bridgehead atoms. The summed E-state index contributed by atoms with van der Waals surface area (Å²) in [7, 11) is 1.71. The highest BCUT2D eigenvalue weighted by molar-refractivity contribution is 5.79. The monoisotopic (exact) mass is 371 g/mol. The maximum absolute atomic E-state index is 12.4. The van der Waals surface area contributed by atoms with E-state index in [-0.39, 0.29) is 5.92 Å². The lowest BCUT2D eigenvalue weighted by Gasteiger charge is -2.42. The average molecular weight is 372 g/mol. The quantitative estimate of drug-likeness (QED) is 0.835. The molecule has 0 unspecified atom stereocenters. The highest BCUT2D eigenvalue weighted by Crippen LogP contribution is 2.26. The summed E-state index contributed by atoms with van der Waals surface area (Å²) in [4.78, 5) is 17.6. The second-order valence-corrected chi connectivity index (χ2v) is 8.47. The molecule has 1 amide bonds. The normalized spacial score (nSPS) is 25.3. The van der Waals surface area contributed by atoms with Crippen molar-refractivity contribution in [3.63, 3.8) is 0 Å². The fourth-order valence-electron chi connectivity index (χ4n) is 4.53. The first-order chi connectivity index (χ1) is 13.2. The molecule has 5 nitrogen and oxygen atoms in total. The molecule has 1 aromatic carbocycles. The van der Waals surface area contributed by atoms with Crippen LogP contribution in [0.5, 0.6) is 5.75 Å². The third-order valence-corrected chi connectivity index (χ3v) is 6.39. The molecular weight excluding hydrogens is 338 g/mol. The van der Waals surface area contributed by atoms with Crippen LogP contribution >= 0.6 is 0 Å². The summed E-state index contributed by atoms with van der Waals surface area (Å²) in [5, 5.41) is 3.21. The number of ether oxygens (including phenoxy) is 1. The molecule has 1 aromatic rings. The SMILES string of the molecule is COc1ccc(CN2CCC(N3CCC[C@H](C(=O)NC4CC4)C3)CC2)cc1. The van der Waals surface area contributed by atoms with Gasteiger partial charge >= 0.3 is 0 Å². The Kier molecular flexibility index (Phi) is 5.98. The molecule has 1 N–H and O–H groups in total. The Balaban J connectivity index is 1.23. The van der Waals surface area contributed by atoms with Crippen molar-refractivity contribution < 1.29 is 9.53 Å². The minimum Gasteiger partial charge on any atom is -0.497 e. The summed E-state index contributed by atoms with van der Waals surface area (Å²) in [6.45, 7) is 5.43. The summed E-state index contributed by atoms with van der Waals surface area (Å²) < 4.78 is 5.24. The van der Waals surface area contributed by atoms with Gasteiger partial charge in [-0.3, -0.25) is 14.6 Å². The maximum atomic E-state index is 12.4. The van der Waals surface area contributed by atoms with Crippen LogP contribution in [0.25, 0.3) is 0 Å². The summed E-state index contributed by atoms with van der Waals surface area (Å²) in [6, 6.07) is 9.55. The van der Waals surface area contributed by atoms with Crippen molar-refractivity contribution in [2.45, 2.75) is 57.2 Å². The molecule has 1 aliphatic carbocycles. The Morgan fingerprint density at radius 1 is 1.07 bits per heavy atom. The van der Waals surface area contributed by atoms with Crippen LogP contribution in [0.3, 0.4) is 0 Å². The molecule has 1 saturated carbocycles. The van der Waals surface area contributed by atoms with Gasteiger partial charge in [0.2, 0.25) is 5.91 Å². The molecule has 5 heteroatoms. The van der Waals surface area contributed by atoms with Gasteiger partial charge in [-0.15, -0.1) is 0 Å². The Hall–Kier alpha value is -1.59. The number of nitrogens with zero attached hydrogens (tertiary/aromatic N) is 2. The molecule has 2 aliphatic heterocycles. The highest BCUT2D eigenvalue weighted by atomic mass is 16.5. The minimum absolute atomic E-state index is 0.205. The summed E-state index contributed by atoms with van der Waals surface area (Å²) in [6.07, 6.45) is 7.00. The highest BCUT2D eigenvalue weighted by Gasteiger charge is 2.33. The lowest BCUT2D eigenvalue weighted by Crippen LogP contribution is -2.50. The van der Waals surface area contributed by atoms with Crippen LogP contribution in [0, 0.1) is 5.92 Å². The Morgan fingerprint density at radius 2 is 1.81 bits per heavy atom. The first kappa shape index (κ1) is 18.8. The summed E-state index contributed by atoms with van der Waals surface area (Å²) >= 11 is 0. The van der Waals surface area contributed by atoms with Gasteiger partial charge < -0.3 is 10.1 Å². The van der Waals surface area contributed by atoms with Crippen molar-refractivity contribution in [2.75, 3.05) is 33.3 Å². The number of likely N-dealkylation sites (tertiary alicyclic amines) is 2. The van der Waals surface area contributed by atoms with Gasteiger partial charge in [0.05, 0.1) is 13.0 Å². The summed E-state index contributed by atoms with van der Waals surface area (Å²) in [5.74, 6) is 1.43. The predicted molar refractivity (Wildman–Crippen MR) is 107 cm³/mol. The molecular formula is C22H33N3O2. The first-order valence-electron chi connectivity index (χ1n) is 10.6. The van der Waals surface area contributed by atoms with Crippen LogP contribution in [0.1, 0.15) is 44.1 Å². The topological polar surface area (TPSA) is 44.8 Å². The number of hydrogen-bond acceptors (Lipinski definition) is 4. The second-order valence-electron chi connectivity index (χ2n) is 8.47. The zero-order valence-electron chi connectivity index (χ0n) is 16.5. The van der Waals surface area contributed by atoms with Gasteiger partial charge in [0.25, 0.3) is 0 Å². The van der Waals surface area contributed by atoms with Gasteiger partial charge in [-0.25, -0.2) is 0 Å². The van der Waals surface area contributed by atoms with Crippen molar-refractivity contribution in [1.29, 1.82) is 0 Å². The molecule has 1 atom stereocenters. The molecule has 0 spiro atoms. The van der Waals surface area contributed by atoms with Crippen LogP contribution in [0.15, 0.2) is 24.3 Å². The lowest BCUT2D eigenvalue weighted by atomic mass is 9.93. The van der Waals surface area contributed by atoms with E-state index in [1.165, 1.54) is 31.2 Å². The van der Waals surface area contributed by atoms with Gasteiger partial charge in [0.1, 0.15) is 5.75 Å². The zero-order valence-corrected chi connectivity index (χ0v) is 16.5. The fourth-order valence-corrected chi connectivity index (χ4v) is 4.53. The van der Waals surface area contributed by atoms with Gasteiger partial charge in [0, 0.05) is 25.2 Å². The van der Waals surface area contributed by atoms with Gasteiger partial charge in [-0.1, -0.05) is 12.1 Å². The molecule has 2 heterocycles. The Bertz CT molecular complexity index is 621. The zero-order chi connectivity index (χ0) is 18.6. The van der Waals surface area contributed by atoms with E-state index < -0.39 is 0 Å². The van der Waals surface area contributed by atoms with E-state index in [9.17, 15) is 4.79 Å². The van der Waals surface area contributed by atoms with E-state index in [1.807, 2.05) is 12.1 Å². The molecule has 3 fully saturated rings. The van der Waals surface area contributed by atoms with Crippen molar-refractivity contribution in [3.05, 3.63) is 29.8 Å². The molecule has 0 aromatic heterocycles. The van der Waals surface area contributed by atoms with E-state index in [4.69, 9.17) is 4.74 Å². The number of carbonyl (C=O) groups is 1. The molecule has 2 saturated heterocycles. The number of hydrogen-bond donors (Lipinski definition) is 1. The Morgan fingerprint density at radius 3 is 2.48 bits per heavy atom. The second kappa shape index (κ2) is 8.61. The van der Waals surface area contributed by atoms with Gasteiger partial charge in [-0.05, 0) is 75.9 Å². The van der Waals surface area contributed by atoms with Crippen LogP contribution in [0.2, 0.25) is 0 Å². The fraction of sp³-hybridized carbons (Fsp3) is 0.682.